The Morgan fingerprint density at radius 2 is 1.48 bits per heavy atom. The summed E-state index contributed by atoms with van der Waals surface area (Å²) in [5.74, 6) is -0.172. The molecule has 42 heavy (non-hydrogen) atoms. The molecule has 0 spiro atoms. The number of amides is 2. The molecule has 0 aliphatic carbocycles. The van der Waals surface area contributed by atoms with Gasteiger partial charge in [0.1, 0.15) is 16.9 Å². The van der Waals surface area contributed by atoms with Crippen LogP contribution in [0.3, 0.4) is 0 Å². The van der Waals surface area contributed by atoms with Crippen LogP contribution in [0.5, 0.6) is 0 Å². The van der Waals surface area contributed by atoms with E-state index >= 15 is 0 Å². The molecule has 9 heteroatoms. The van der Waals surface area contributed by atoms with Crippen molar-refractivity contribution in [3.8, 4) is 11.1 Å². The van der Waals surface area contributed by atoms with E-state index in [-0.39, 0.29) is 18.3 Å². The maximum Gasteiger partial charge on any atom is 0.412 e. The van der Waals surface area contributed by atoms with Crippen LogP contribution in [0, 0.1) is 0 Å². The molecular formula is C33H40N4O5. The molecule has 2 amide bonds. The van der Waals surface area contributed by atoms with Crippen molar-refractivity contribution in [1.82, 2.24) is 9.88 Å². The van der Waals surface area contributed by atoms with Gasteiger partial charge in [0.05, 0.1) is 11.9 Å². The molecule has 222 valence electrons. The fraction of sp³-hybridized carbons (Fsp3) is 0.394. The molecular weight excluding hydrogens is 532 g/mol. The zero-order chi connectivity index (χ0) is 30.5. The standard InChI is InChI=1S/C33H40N4O5/c1-32(2,3)41-30(39)35-27-14-12-24(23-10-8-7-9-11-23)20-25(27)21-29(38)28-15-13-26(22-34-28)36-16-18-37(19-17-36)31(40)42-33(4,5)6/h7-15,20,22H,16-19,21H2,1-6H3,(H,35,39). The van der Waals surface area contributed by atoms with Crippen molar-refractivity contribution < 1.29 is 23.9 Å². The summed E-state index contributed by atoms with van der Waals surface area (Å²) < 4.78 is 10.9. The predicted molar refractivity (Wildman–Crippen MR) is 164 cm³/mol. The summed E-state index contributed by atoms with van der Waals surface area (Å²) in [4.78, 5) is 46.6. The Morgan fingerprint density at radius 1 is 0.810 bits per heavy atom. The van der Waals surface area contributed by atoms with Gasteiger partial charge in [-0.1, -0.05) is 36.4 Å². The molecule has 1 saturated heterocycles. The van der Waals surface area contributed by atoms with Crippen molar-refractivity contribution in [2.75, 3.05) is 36.4 Å². The Kier molecular flexibility index (Phi) is 9.19. The summed E-state index contributed by atoms with van der Waals surface area (Å²) in [6.07, 6.45) is 0.847. The van der Waals surface area contributed by atoms with Crippen molar-refractivity contribution in [1.29, 1.82) is 0 Å². The molecule has 0 saturated carbocycles. The summed E-state index contributed by atoms with van der Waals surface area (Å²) in [5, 5.41) is 2.80. The number of nitrogens with one attached hydrogen (secondary N) is 1. The van der Waals surface area contributed by atoms with E-state index in [1.54, 1.807) is 44.0 Å². The average Bonchev–Trinajstić information content (AvgIpc) is 2.92. The molecule has 1 aliphatic heterocycles. The lowest BCUT2D eigenvalue weighted by atomic mass is 9.98. The molecule has 1 fully saturated rings. The van der Waals surface area contributed by atoms with Gasteiger partial charge in [-0.2, -0.15) is 0 Å². The highest BCUT2D eigenvalue weighted by molar-refractivity contribution is 5.98. The summed E-state index contributed by atoms with van der Waals surface area (Å²) in [6, 6.07) is 19.1. The molecule has 9 nitrogen and oxygen atoms in total. The third-order valence-electron chi connectivity index (χ3n) is 6.53. The van der Waals surface area contributed by atoms with Crippen molar-refractivity contribution in [2.24, 2.45) is 0 Å². The first kappa shape index (κ1) is 30.6. The summed E-state index contributed by atoms with van der Waals surface area (Å²) in [6.45, 7) is 13.3. The van der Waals surface area contributed by atoms with E-state index in [1.165, 1.54) is 0 Å². The fourth-order valence-electron chi connectivity index (χ4n) is 4.56. The number of hydrogen-bond acceptors (Lipinski definition) is 7. The van der Waals surface area contributed by atoms with Crippen LogP contribution in [-0.2, 0) is 15.9 Å². The highest BCUT2D eigenvalue weighted by atomic mass is 16.6. The van der Waals surface area contributed by atoms with E-state index < -0.39 is 17.3 Å². The molecule has 1 aromatic heterocycles. The van der Waals surface area contributed by atoms with Crippen LogP contribution in [-0.4, -0.2) is 65.2 Å². The van der Waals surface area contributed by atoms with Crippen LogP contribution in [0.15, 0.2) is 66.9 Å². The Morgan fingerprint density at radius 3 is 2.07 bits per heavy atom. The van der Waals surface area contributed by atoms with Gasteiger partial charge < -0.3 is 19.3 Å². The topological polar surface area (TPSA) is 101 Å². The van der Waals surface area contributed by atoms with Gasteiger partial charge in [-0.15, -0.1) is 0 Å². The van der Waals surface area contributed by atoms with Gasteiger partial charge in [0.25, 0.3) is 0 Å². The summed E-state index contributed by atoms with van der Waals surface area (Å²) >= 11 is 0. The summed E-state index contributed by atoms with van der Waals surface area (Å²) in [7, 11) is 0. The van der Waals surface area contributed by atoms with Crippen molar-refractivity contribution in [3.63, 3.8) is 0 Å². The molecule has 1 N–H and O–H groups in total. The van der Waals surface area contributed by atoms with E-state index in [0.29, 0.717) is 43.1 Å². The van der Waals surface area contributed by atoms with Gasteiger partial charge in [0.2, 0.25) is 0 Å². The van der Waals surface area contributed by atoms with E-state index in [0.717, 1.165) is 16.8 Å². The van der Waals surface area contributed by atoms with Crippen LogP contribution in [0.25, 0.3) is 11.1 Å². The first-order valence-electron chi connectivity index (χ1n) is 14.2. The minimum Gasteiger partial charge on any atom is -0.444 e. The fourth-order valence-corrected chi connectivity index (χ4v) is 4.56. The lowest BCUT2D eigenvalue weighted by Crippen LogP contribution is -2.50. The molecule has 4 rings (SSSR count). The molecule has 0 atom stereocenters. The number of ketones is 1. The highest BCUT2D eigenvalue weighted by Gasteiger charge is 2.26. The molecule has 3 aromatic rings. The van der Waals surface area contributed by atoms with Gasteiger partial charge in [0.15, 0.2) is 5.78 Å². The quantitative estimate of drug-likeness (QED) is 0.333. The number of hydrogen-bond donors (Lipinski definition) is 1. The largest absolute Gasteiger partial charge is 0.444 e. The number of pyridine rings is 1. The van der Waals surface area contributed by atoms with Gasteiger partial charge in [-0.3, -0.25) is 15.1 Å². The maximum atomic E-state index is 13.4. The molecule has 0 radical (unpaired) electrons. The number of piperazine rings is 1. The Balaban J connectivity index is 1.46. The van der Waals surface area contributed by atoms with Crippen LogP contribution >= 0.6 is 0 Å². The lowest BCUT2D eigenvalue weighted by molar-refractivity contribution is 0.0240. The monoisotopic (exact) mass is 572 g/mol. The SMILES string of the molecule is CC(C)(C)OC(=O)Nc1ccc(-c2ccccc2)cc1CC(=O)c1ccc(N2CCN(C(=O)OC(C)(C)C)CC2)cn1. The third-order valence-corrected chi connectivity index (χ3v) is 6.53. The Bertz CT molecular complexity index is 1400. The van der Waals surface area contributed by atoms with Crippen LogP contribution in [0.2, 0.25) is 0 Å². The molecule has 0 bridgehead atoms. The summed E-state index contributed by atoms with van der Waals surface area (Å²) in [5.41, 5.74) is 3.14. The van der Waals surface area contributed by atoms with Gasteiger partial charge in [-0.05, 0) is 82.5 Å². The van der Waals surface area contributed by atoms with Crippen LogP contribution in [0.4, 0.5) is 21.0 Å². The number of aromatic nitrogens is 1. The number of carbonyl (C=O) groups excluding carboxylic acids is 3. The number of nitrogens with zero attached hydrogens (tertiary/aromatic N) is 3. The number of anilines is 2. The zero-order valence-corrected chi connectivity index (χ0v) is 25.3. The Hall–Kier alpha value is -4.40. The first-order valence-corrected chi connectivity index (χ1v) is 14.2. The normalized spacial score (nSPS) is 13.9. The number of carbonyl (C=O) groups is 3. The van der Waals surface area contributed by atoms with Gasteiger partial charge in [0, 0.05) is 38.3 Å². The molecule has 0 unspecified atom stereocenters. The van der Waals surface area contributed by atoms with Crippen LogP contribution < -0.4 is 10.2 Å². The minimum atomic E-state index is -0.655. The number of ether oxygens (including phenoxy) is 2. The second-order valence-corrected chi connectivity index (χ2v) is 12.3. The minimum absolute atomic E-state index is 0.0483. The molecule has 2 aromatic carbocycles. The van der Waals surface area contributed by atoms with E-state index in [1.807, 2.05) is 69.3 Å². The first-order chi connectivity index (χ1) is 19.8. The second kappa shape index (κ2) is 12.6. The highest BCUT2D eigenvalue weighted by Crippen LogP contribution is 2.27. The van der Waals surface area contributed by atoms with Crippen molar-refractivity contribution >= 4 is 29.3 Å². The van der Waals surface area contributed by atoms with E-state index in [2.05, 4.69) is 15.2 Å². The van der Waals surface area contributed by atoms with Crippen molar-refractivity contribution in [2.45, 2.75) is 59.2 Å². The number of Topliss-reactive ketones (excluding diaryl/α,β-unsaturated/α-hetero) is 1. The molecule has 2 heterocycles. The smallest absolute Gasteiger partial charge is 0.412 e. The Labute approximate surface area is 247 Å². The zero-order valence-electron chi connectivity index (χ0n) is 25.3. The van der Waals surface area contributed by atoms with Crippen molar-refractivity contribution in [3.05, 3.63) is 78.1 Å². The van der Waals surface area contributed by atoms with Gasteiger partial charge >= 0.3 is 12.2 Å². The maximum absolute atomic E-state index is 13.4. The van der Waals surface area contributed by atoms with E-state index in [9.17, 15) is 14.4 Å². The third kappa shape index (κ3) is 8.55. The van der Waals surface area contributed by atoms with E-state index in [4.69, 9.17) is 9.47 Å². The average molecular weight is 573 g/mol. The predicted octanol–water partition coefficient (Wildman–Crippen LogP) is 6.58. The number of benzene rings is 2. The van der Waals surface area contributed by atoms with Crippen LogP contribution in [0.1, 0.15) is 57.6 Å². The lowest BCUT2D eigenvalue weighted by Gasteiger charge is -2.36. The van der Waals surface area contributed by atoms with Gasteiger partial charge in [-0.25, -0.2) is 9.59 Å². The second-order valence-electron chi connectivity index (χ2n) is 12.3. The molecule has 1 aliphatic rings. The number of rotatable bonds is 6.